The maximum Gasteiger partial charge on any atom is 0.409 e. The number of hydrogen-bond acceptors (Lipinski definition) is 18. The van der Waals surface area contributed by atoms with E-state index < -0.39 is 110 Å². The van der Waals surface area contributed by atoms with E-state index in [2.05, 4.69) is 0 Å². The van der Waals surface area contributed by atoms with Crippen molar-refractivity contribution in [2.24, 2.45) is 0 Å². The van der Waals surface area contributed by atoms with Gasteiger partial charge in [0.25, 0.3) is 0 Å². The number of aliphatic hydroxyl groups excluding tert-OH is 6. The molecule has 4 rings (SSSR count). The summed E-state index contributed by atoms with van der Waals surface area (Å²) >= 11 is 0. The first-order valence-electron chi connectivity index (χ1n) is 10.4. The Labute approximate surface area is 199 Å². The number of carbonyl (C=O) groups is 3. The molecule has 2 unspecified atom stereocenters. The molecule has 18 nitrogen and oxygen atoms in total. The molecule has 2 bridgehead atoms. The molecule has 36 heavy (non-hydrogen) atoms. The van der Waals surface area contributed by atoms with Crippen molar-refractivity contribution in [2.75, 3.05) is 19.8 Å². The van der Waals surface area contributed by atoms with Crippen LogP contribution in [0, 0.1) is 0 Å². The largest absolute Gasteiger partial charge is 0.422 e. The Morgan fingerprint density at radius 3 is 1.92 bits per heavy atom. The second-order valence-electron chi connectivity index (χ2n) is 8.75. The third-order valence-corrected chi connectivity index (χ3v) is 6.37. The minimum absolute atomic E-state index is 0.969. The summed E-state index contributed by atoms with van der Waals surface area (Å²) in [6.07, 6.45) is -13.5. The lowest BCUT2D eigenvalue weighted by Crippen LogP contribution is -2.85. The van der Waals surface area contributed by atoms with E-state index in [1.54, 1.807) is 0 Å². The minimum atomic E-state index is -4.16. The van der Waals surface area contributed by atoms with Crippen molar-refractivity contribution < 1.29 is 88.8 Å². The number of rotatable bonds is 5. The molecule has 0 amide bonds. The van der Waals surface area contributed by atoms with Crippen LogP contribution in [0.2, 0.25) is 0 Å². The van der Waals surface area contributed by atoms with Crippen LogP contribution >= 0.6 is 0 Å². The molecular formula is C18H24O18. The highest BCUT2D eigenvalue weighted by Crippen LogP contribution is 2.53. The van der Waals surface area contributed by atoms with Gasteiger partial charge >= 0.3 is 35.5 Å². The van der Waals surface area contributed by atoms with Crippen LogP contribution < -0.4 is 0 Å². The smallest absolute Gasteiger partial charge is 0.409 e. The minimum Gasteiger partial charge on any atom is -0.422 e. The molecule has 9 N–H and O–H groups in total. The van der Waals surface area contributed by atoms with Crippen LogP contribution in [-0.2, 0) is 42.8 Å². The zero-order chi connectivity index (χ0) is 26.9. The van der Waals surface area contributed by atoms with Crippen molar-refractivity contribution in [1.29, 1.82) is 0 Å². The summed E-state index contributed by atoms with van der Waals surface area (Å²) in [5.41, 5.74) is -3.01. The molecule has 10 atom stereocenters. The molecule has 4 fully saturated rings. The topological polar surface area (TPSA) is 289 Å². The van der Waals surface area contributed by atoms with E-state index in [4.69, 9.17) is 28.4 Å². The van der Waals surface area contributed by atoms with Crippen molar-refractivity contribution in [2.45, 2.75) is 72.3 Å². The van der Waals surface area contributed by atoms with E-state index >= 15 is 0 Å². The highest BCUT2D eigenvalue weighted by atomic mass is 17.0. The Hall–Kier alpha value is -2.07. The van der Waals surface area contributed by atoms with E-state index in [1.165, 1.54) is 0 Å². The van der Waals surface area contributed by atoms with E-state index in [9.17, 15) is 60.3 Å². The molecule has 4 saturated heterocycles. The Balaban J connectivity index is 1.96. The summed E-state index contributed by atoms with van der Waals surface area (Å²) in [6.45, 7) is -3.69. The van der Waals surface area contributed by atoms with Crippen molar-refractivity contribution in [3.8, 4) is 0 Å². The Morgan fingerprint density at radius 2 is 1.39 bits per heavy atom. The normalized spacial score (nSPS) is 50.9. The number of esters is 3. The van der Waals surface area contributed by atoms with E-state index in [-0.39, 0.29) is 0 Å². The zero-order valence-corrected chi connectivity index (χ0v) is 18.1. The summed E-state index contributed by atoms with van der Waals surface area (Å²) < 4.78 is 30.1. The lowest BCUT2D eigenvalue weighted by molar-refractivity contribution is -0.590. The molecule has 4 heterocycles. The van der Waals surface area contributed by atoms with Crippen LogP contribution in [0.15, 0.2) is 0 Å². The van der Waals surface area contributed by atoms with Gasteiger partial charge in [-0.3, -0.25) is 14.3 Å². The molecule has 0 aromatic heterocycles. The molecule has 0 radical (unpaired) electrons. The van der Waals surface area contributed by atoms with Gasteiger partial charge in [0.1, 0.15) is 31.0 Å². The molecular weight excluding hydrogens is 504 g/mol. The van der Waals surface area contributed by atoms with Crippen LogP contribution in [0.5, 0.6) is 0 Å². The lowest BCUT2D eigenvalue weighted by Gasteiger charge is -2.58. The van der Waals surface area contributed by atoms with Gasteiger partial charge in [-0.05, 0) is 0 Å². The maximum absolute atomic E-state index is 12.8. The van der Waals surface area contributed by atoms with Gasteiger partial charge in [0.2, 0.25) is 5.79 Å². The van der Waals surface area contributed by atoms with Crippen molar-refractivity contribution >= 4 is 17.9 Å². The average molecular weight is 528 g/mol. The standard InChI is InChI=1S/C18H24O18/c19-3-6-10(24)12(26)15(5-21,31-6)36-18-17(30)16(29,11(25)7(4-20)32-18)33-8(22)1-14(28,13(27)35-17)2-9(23)34-18/h6-7,10-12,19-21,24-26,28-30H,1-5H2/t6-,7-,10-,11-,12+,14?,15?,16-,17+,18+/m1/s1. The highest BCUT2D eigenvalue weighted by Gasteiger charge is 2.85. The predicted octanol–water partition coefficient (Wildman–Crippen LogP) is -7.24. The number of aliphatic hydroxyl groups is 9. The van der Waals surface area contributed by atoms with E-state index in [1.807, 2.05) is 0 Å². The zero-order valence-electron chi connectivity index (χ0n) is 18.1. The Kier molecular flexibility index (Phi) is 6.35. The summed E-state index contributed by atoms with van der Waals surface area (Å²) in [7, 11) is 0. The first-order valence-corrected chi connectivity index (χ1v) is 10.4. The van der Waals surface area contributed by atoms with Gasteiger partial charge in [0.15, 0.2) is 11.7 Å². The number of hydrogen-bond donors (Lipinski definition) is 9. The van der Waals surface area contributed by atoms with Crippen LogP contribution in [0.4, 0.5) is 0 Å². The number of fused-ring (bicyclic) bond motifs is 2. The first kappa shape index (κ1) is 27.0. The summed E-state index contributed by atoms with van der Waals surface area (Å²) in [6, 6.07) is 0. The molecule has 4 aliphatic rings. The van der Waals surface area contributed by atoms with Crippen molar-refractivity contribution in [3.05, 3.63) is 0 Å². The van der Waals surface area contributed by atoms with Gasteiger partial charge in [0, 0.05) is 0 Å². The monoisotopic (exact) mass is 528 g/mol. The fraction of sp³-hybridized carbons (Fsp3) is 0.833. The van der Waals surface area contributed by atoms with E-state index in [0.717, 1.165) is 0 Å². The molecule has 4 aliphatic heterocycles. The van der Waals surface area contributed by atoms with Gasteiger partial charge < -0.3 is 69.6 Å². The first-order chi connectivity index (χ1) is 16.7. The van der Waals surface area contributed by atoms with Crippen molar-refractivity contribution in [1.82, 2.24) is 0 Å². The second kappa shape index (κ2) is 8.48. The van der Waals surface area contributed by atoms with Crippen LogP contribution in [0.25, 0.3) is 0 Å². The van der Waals surface area contributed by atoms with Gasteiger partial charge in [-0.1, -0.05) is 0 Å². The molecule has 0 spiro atoms. The van der Waals surface area contributed by atoms with Gasteiger partial charge in [0.05, 0.1) is 26.1 Å². The highest BCUT2D eigenvalue weighted by molar-refractivity contribution is 5.91. The second-order valence-corrected chi connectivity index (χ2v) is 8.75. The Morgan fingerprint density at radius 1 is 0.806 bits per heavy atom. The maximum atomic E-state index is 12.8. The third kappa shape index (κ3) is 3.46. The molecule has 204 valence electrons. The third-order valence-electron chi connectivity index (χ3n) is 6.37. The predicted molar refractivity (Wildman–Crippen MR) is 97.9 cm³/mol. The van der Waals surface area contributed by atoms with Crippen LogP contribution in [-0.4, -0.2) is 143 Å². The fourth-order valence-corrected chi connectivity index (χ4v) is 4.41. The van der Waals surface area contributed by atoms with Crippen LogP contribution in [0.3, 0.4) is 0 Å². The summed E-state index contributed by atoms with van der Waals surface area (Å²) in [5.74, 6) is -20.1. The van der Waals surface area contributed by atoms with Crippen molar-refractivity contribution in [3.63, 3.8) is 0 Å². The summed E-state index contributed by atoms with van der Waals surface area (Å²) in [4.78, 5) is 38.0. The van der Waals surface area contributed by atoms with Crippen LogP contribution in [0.1, 0.15) is 12.8 Å². The average Bonchev–Trinajstić information content (AvgIpc) is 3.04. The number of carbonyl (C=O) groups excluding carboxylic acids is 3. The molecule has 0 aromatic rings. The lowest BCUT2D eigenvalue weighted by atomic mass is 9.86. The molecule has 0 aromatic carbocycles. The Bertz CT molecular complexity index is 943. The van der Waals surface area contributed by atoms with Gasteiger partial charge in [-0.25, -0.2) is 4.79 Å². The molecule has 0 aliphatic carbocycles. The molecule has 18 heteroatoms. The quantitative estimate of drug-likeness (QED) is 0.118. The fourth-order valence-electron chi connectivity index (χ4n) is 4.41. The summed E-state index contributed by atoms with van der Waals surface area (Å²) in [5, 5.41) is 93.6. The van der Waals surface area contributed by atoms with Gasteiger partial charge in [-0.15, -0.1) is 0 Å². The van der Waals surface area contributed by atoms with E-state index in [0.29, 0.717) is 0 Å². The SMILES string of the molecule is O=C1CC2(O)CC(=O)O[C@]3(O)[C@H](O)[C@@H](CO)O[C@](OC4(CO)O[C@H](CO)[C@@H](O)[C@@H]4O)(O1)[C@@]3(O)OC2=O. The van der Waals surface area contributed by atoms with Gasteiger partial charge in [-0.2, -0.15) is 0 Å². The molecule has 0 saturated carbocycles. The number of ether oxygens (including phenoxy) is 6.